The number of hydrogen-bond acceptors (Lipinski definition) is 7. The summed E-state index contributed by atoms with van der Waals surface area (Å²) < 4.78 is 30.2. The van der Waals surface area contributed by atoms with E-state index in [4.69, 9.17) is 0 Å². The Kier molecular flexibility index (Phi) is 3.49. The van der Waals surface area contributed by atoms with Gasteiger partial charge in [-0.1, -0.05) is 0 Å². The van der Waals surface area contributed by atoms with Crippen molar-refractivity contribution in [3.8, 4) is 5.88 Å². The van der Waals surface area contributed by atoms with E-state index in [0.717, 1.165) is 6.42 Å². The van der Waals surface area contributed by atoms with Gasteiger partial charge in [0.25, 0.3) is 0 Å². The molecule has 0 saturated heterocycles. The molecule has 1 aliphatic carbocycles. The Bertz CT molecular complexity index is 865. The lowest BCUT2D eigenvalue weighted by molar-refractivity contribution is -0.0528. The van der Waals surface area contributed by atoms with Crippen LogP contribution >= 0.6 is 0 Å². The van der Waals surface area contributed by atoms with Gasteiger partial charge in [0.1, 0.15) is 5.52 Å². The minimum Gasteiger partial charge on any atom is -0.417 e. The van der Waals surface area contributed by atoms with Crippen LogP contribution in [0.4, 0.5) is 20.4 Å². The van der Waals surface area contributed by atoms with Crippen molar-refractivity contribution < 1.29 is 18.6 Å². The maximum atomic E-state index is 12.1. The van der Waals surface area contributed by atoms with Crippen molar-refractivity contribution in [1.29, 1.82) is 0 Å². The predicted octanol–water partition coefficient (Wildman–Crippen LogP) is 1.28. The number of aliphatic hydroxyl groups is 1. The van der Waals surface area contributed by atoms with E-state index in [1.54, 1.807) is 10.9 Å². The van der Waals surface area contributed by atoms with Gasteiger partial charge in [0, 0.05) is 18.5 Å². The molecule has 3 heterocycles. The lowest BCUT2D eigenvalue weighted by atomic mass is 10.4. The van der Waals surface area contributed by atoms with Crippen LogP contribution in [0, 0.1) is 5.92 Å². The van der Waals surface area contributed by atoms with E-state index in [-0.39, 0.29) is 23.7 Å². The first kappa shape index (κ1) is 14.8. The first-order valence-corrected chi connectivity index (χ1v) is 7.22. The summed E-state index contributed by atoms with van der Waals surface area (Å²) in [5.41, 5.74) is 1.19. The highest BCUT2D eigenvalue weighted by Gasteiger charge is 2.36. The first-order chi connectivity index (χ1) is 11.6. The fraction of sp³-hybridized carbons (Fsp3) is 0.385. The van der Waals surface area contributed by atoms with Crippen LogP contribution in [0.3, 0.4) is 0 Å². The van der Waals surface area contributed by atoms with Crippen LogP contribution in [0.15, 0.2) is 18.5 Å². The molecule has 3 aromatic rings. The number of ether oxygens (including phenoxy) is 1. The number of anilines is 2. The largest absolute Gasteiger partial charge is 0.417 e. The molecule has 0 radical (unpaired) electrons. The molecule has 4 rings (SSSR count). The van der Waals surface area contributed by atoms with Crippen LogP contribution in [0.25, 0.3) is 11.2 Å². The molecule has 2 atom stereocenters. The number of aromatic nitrogens is 6. The molecule has 0 unspecified atom stereocenters. The lowest BCUT2D eigenvalue weighted by Crippen LogP contribution is -2.06. The Morgan fingerprint density at radius 1 is 1.42 bits per heavy atom. The number of rotatable bonds is 6. The van der Waals surface area contributed by atoms with Crippen LogP contribution in [0.2, 0.25) is 0 Å². The Morgan fingerprint density at radius 2 is 2.25 bits per heavy atom. The van der Waals surface area contributed by atoms with E-state index in [1.165, 1.54) is 12.3 Å². The van der Waals surface area contributed by atoms with Crippen LogP contribution in [-0.4, -0.2) is 47.8 Å². The molecule has 1 aliphatic rings. The molecule has 0 aliphatic heterocycles. The van der Waals surface area contributed by atoms with Gasteiger partial charge < -0.3 is 15.2 Å². The van der Waals surface area contributed by atoms with E-state index in [1.807, 2.05) is 0 Å². The summed E-state index contributed by atoms with van der Waals surface area (Å²) in [4.78, 5) is 8.65. The molecule has 126 valence electrons. The summed E-state index contributed by atoms with van der Waals surface area (Å²) in [7, 11) is 0. The van der Waals surface area contributed by atoms with Crippen molar-refractivity contribution in [2.75, 3.05) is 5.32 Å². The van der Waals surface area contributed by atoms with Gasteiger partial charge in [-0.3, -0.25) is 0 Å². The Labute approximate surface area is 133 Å². The van der Waals surface area contributed by atoms with Crippen molar-refractivity contribution in [2.24, 2.45) is 5.92 Å². The first-order valence-electron chi connectivity index (χ1n) is 7.22. The molecule has 0 aromatic carbocycles. The maximum absolute atomic E-state index is 12.1. The van der Waals surface area contributed by atoms with Gasteiger partial charge in [-0.05, 0) is 6.42 Å². The third kappa shape index (κ3) is 2.97. The number of aromatic amines is 1. The predicted molar refractivity (Wildman–Crippen MR) is 77.9 cm³/mol. The average Bonchev–Trinajstić information content (AvgIpc) is 2.92. The van der Waals surface area contributed by atoms with Crippen molar-refractivity contribution >= 4 is 22.8 Å². The van der Waals surface area contributed by atoms with Crippen LogP contribution < -0.4 is 10.1 Å². The van der Waals surface area contributed by atoms with Gasteiger partial charge in [-0.2, -0.15) is 19.0 Å². The average molecular weight is 337 g/mol. The van der Waals surface area contributed by atoms with Crippen molar-refractivity contribution in [3.05, 3.63) is 18.5 Å². The molecule has 1 saturated carbocycles. The summed E-state index contributed by atoms with van der Waals surface area (Å²) in [6.07, 6.45) is 3.57. The second-order valence-electron chi connectivity index (χ2n) is 5.47. The van der Waals surface area contributed by atoms with E-state index < -0.39 is 6.61 Å². The van der Waals surface area contributed by atoms with Crippen LogP contribution in [0.1, 0.15) is 6.42 Å². The van der Waals surface area contributed by atoms with Gasteiger partial charge in [0.2, 0.25) is 5.88 Å². The number of fused-ring (bicyclic) bond motifs is 1. The summed E-state index contributed by atoms with van der Waals surface area (Å²) in [5.74, 6) is 0.680. The molecule has 0 bridgehead atoms. The molecule has 11 heteroatoms. The second kappa shape index (κ2) is 5.67. The highest BCUT2D eigenvalue weighted by Crippen LogP contribution is 2.32. The quantitative estimate of drug-likeness (QED) is 0.621. The Morgan fingerprint density at radius 3 is 3.00 bits per heavy atom. The lowest BCUT2D eigenvalue weighted by Gasteiger charge is -2.04. The second-order valence-corrected chi connectivity index (χ2v) is 5.47. The van der Waals surface area contributed by atoms with Gasteiger partial charge in [-0.25, -0.2) is 19.7 Å². The number of alkyl halides is 2. The zero-order chi connectivity index (χ0) is 16.7. The minimum atomic E-state index is -2.93. The third-order valence-corrected chi connectivity index (χ3v) is 3.66. The topological polar surface area (TPSA) is 114 Å². The number of aliphatic hydroxyl groups excluding tert-OH is 1. The number of H-pyrrole nitrogens is 1. The standard InChI is InChI=1S/C13H13F2N7O2/c14-13(15)24-11-2-9(20-21-11)18-10-4-16-7-3-17-22(12(7)19-10)5-6-1-8(6)23/h2-4,6,8,13,23H,1,5H2,(H2,18,19,20,21)/t6-,8+/m0/s1. The van der Waals surface area contributed by atoms with E-state index in [9.17, 15) is 13.9 Å². The summed E-state index contributed by atoms with van der Waals surface area (Å²) in [6.45, 7) is -2.36. The molecule has 0 amide bonds. The van der Waals surface area contributed by atoms with Crippen LogP contribution in [0.5, 0.6) is 5.88 Å². The van der Waals surface area contributed by atoms with Gasteiger partial charge in [0.15, 0.2) is 17.3 Å². The third-order valence-electron chi connectivity index (χ3n) is 3.66. The minimum absolute atomic E-state index is 0.158. The highest BCUT2D eigenvalue weighted by atomic mass is 19.3. The Hall–Kier alpha value is -2.82. The molecule has 24 heavy (non-hydrogen) atoms. The van der Waals surface area contributed by atoms with Crippen molar-refractivity contribution in [3.63, 3.8) is 0 Å². The van der Waals surface area contributed by atoms with E-state index in [0.29, 0.717) is 23.5 Å². The normalized spacial score (nSPS) is 19.8. The molecule has 3 aromatic heterocycles. The smallest absolute Gasteiger partial charge is 0.388 e. The van der Waals surface area contributed by atoms with Gasteiger partial charge in [-0.15, -0.1) is 0 Å². The molecular formula is C13H13F2N7O2. The Balaban J connectivity index is 1.53. The fourth-order valence-electron chi connectivity index (χ4n) is 2.35. The SMILES string of the molecule is O[C@@H]1C[C@H]1Cn1ncc2ncc(Nc3cc(OC(F)F)[nH]n3)nc21. The van der Waals surface area contributed by atoms with Crippen LogP contribution in [-0.2, 0) is 6.54 Å². The maximum Gasteiger partial charge on any atom is 0.388 e. The van der Waals surface area contributed by atoms with Gasteiger partial charge in [0.05, 0.1) is 18.5 Å². The summed E-state index contributed by atoms with van der Waals surface area (Å²) in [5, 5.41) is 22.7. The van der Waals surface area contributed by atoms with Crippen molar-refractivity contribution in [2.45, 2.75) is 25.7 Å². The molecule has 9 nitrogen and oxygen atoms in total. The number of hydrogen-bond donors (Lipinski definition) is 3. The number of nitrogens with zero attached hydrogens (tertiary/aromatic N) is 5. The van der Waals surface area contributed by atoms with Crippen molar-refractivity contribution in [1.82, 2.24) is 29.9 Å². The zero-order valence-electron chi connectivity index (χ0n) is 12.2. The van der Waals surface area contributed by atoms with Gasteiger partial charge >= 0.3 is 6.61 Å². The highest BCUT2D eigenvalue weighted by molar-refractivity contribution is 5.71. The molecular weight excluding hydrogens is 324 g/mol. The number of halogens is 2. The fourth-order valence-corrected chi connectivity index (χ4v) is 2.35. The molecule has 0 spiro atoms. The monoisotopic (exact) mass is 337 g/mol. The van der Waals surface area contributed by atoms with E-state index >= 15 is 0 Å². The summed E-state index contributed by atoms with van der Waals surface area (Å²) >= 11 is 0. The molecule has 3 N–H and O–H groups in total. The molecule has 1 fully saturated rings. The van der Waals surface area contributed by atoms with E-state index in [2.05, 4.69) is 35.3 Å². The zero-order valence-corrected chi connectivity index (χ0v) is 12.2. The number of nitrogens with one attached hydrogen (secondary N) is 2. The summed E-state index contributed by atoms with van der Waals surface area (Å²) in [6, 6.07) is 1.29.